The minimum absolute atomic E-state index is 0. The van der Waals surface area contributed by atoms with Crippen LogP contribution in [0.4, 0.5) is 0 Å². The van der Waals surface area contributed by atoms with Crippen LogP contribution in [-0.4, -0.2) is 88.7 Å². The van der Waals surface area contributed by atoms with Crippen LogP contribution in [0.2, 0.25) is 0 Å². The Kier molecular flexibility index (Phi) is 118. The monoisotopic (exact) mass is 89.0 g/mol. The first kappa shape index (κ1) is 28.2. The van der Waals surface area contributed by atoms with E-state index in [9.17, 15) is 0 Å². The van der Waals surface area contributed by atoms with Gasteiger partial charge in [0.25, 0.3) is 0 Å². The Hall–Kier alpha value is 2.96. The van der Waals surface area contributed by atoms with Gasteiger partial charge in [-0.1, -0.05) is 0 Å². The SMILES string of the molecule is N.[NaH].[NaH].[NaH]. The molecule has 0 fully saturated rings. The fourth-order valence-electron chi connectivity index (χ4n) is 0. The van der Waals surface area contributed by atoms with Crippen molar-refractivity contribution in [3.05, 3.63) is 0 Å². The van der Waals surface area contributed by atoms with E-state index in [-0.39, 0.29) is 94.8 Å². The first-order chi connectivity index (χ1) is 0. The Morgan fingerprint density at radius 3 is 0.500 bits per heavy atom. The normalized spacial score (nSPS) is 0. The molecule has 0 saturated carbocycles. The summed E-state index contributed by atoms with van der Waals surface area (Å²) < 4.78 is 0. The molecule has 4 heteroatoms. The molecule has 0 aliphatic carbocycles. The predicted molar refractivity (Wildman–Crippen MR) is 26.5 cm³/mol. The van der Waals surface area contributed by atoms with Crippen molar-refractivity contribution >= 4 is 88.7 Å². The molecule has 0 aliphatic rings. The molecule has 0 aromatic carbocycles. The van der Waals surface area contributed by atoms with Crippen molar-refractivity contribution in [2.45, 2.75) is 0 Å². The van der Waals surface area contributed by atoms with Gasteiger partial charge in [0.15, 0.2) is 0 Å². The van der Waals surface area contributed by atoms with Gasteiger partial charge in [-0.3, -0.25) is 0 Å². The summed E-state index contributed by atoms with van der Waals surface area (Å²) in [6, 6.07) is 0. The van der Waals surface area contributed by atoms with Crippen LogP contribution in [0.3, 0.4) is 0 Å². The molecule has 1 nitrogen and oxygen atoms in total. The molecule has 0 saturated heterocycles. The van der Waals surface area contributed by atoms with Crippen LogP contribution in [0, 0.1) is 0 Å². The van der Waals surface area contributed by atoms with Gasteiger partial charge >= 0.3 is 88.7 Å². The molecule has 0 amide bonds. The molecule has 4 heavy (non-hydrogen) atoms. The van der Waals surface area contributed by atoms with E-state index in [4.69, 9.17) is 0 Å². The molecule has 0 spiro atoms. The molecule has 0 heterocycles. The molecule has 14 valence electrons. The van der Waals surface area contributed by atoms with Crippen LogP contribution in [0.1, 0.15) is 0 Å². The third-order valence-electron chi connectivity index (χ3n) is 0. The molecule has 0 radical (unpaired) electrons. The van der Waals surface area contributed by atoms with E-state index in [1.807, 2.05) is 0 Å². The van der Waals surface area contributed by atoms with Crippen LogP contribution in [-0.2, 0) is 0 Å². The summed E-state index contributed by atoms with van der Waals surface area (Å²) in [5.41, 5.74) is 0. The summed E-state index contributed by atoms with van der Waals surface area (Å²) in [6.07, 6.45) is 0. The molecule has 0 atom stereocenters. The zero-order chi connectivity index (χ0) is 0. The topological polar surface area (TPSA) is 35.0 Å². The maximum absolute atomic E-state index is 0. The van der Waals surface area contributed by atoms with E-state index in [2.05, 4.69) is 0 Å². The Bertz CT molecular complexity index is 3.25. The van der Waals surface area contributed by atoms with E-state index in [1.165, 1.54) is 0 Å². The van der Waals surface area contributed by atoms with Crippen molar-refractivity contribution in [2.75, 3.05) is 0 Å². The van der Waals surface area contributed by atoms with Gasteiger partial charge < -0.3 is 6.15 Å². The Labute approximate surface area is 92.7 Å². The Morgan fingerprint density at radius 1 is 0.500 bits per heavy atom. The van der Waals surface area contributed by atoms with Crippen molar-refractivity contribution in [2.24, 2.45) is 0 Å². The first-order valence-corrected chi connectivity index (χ1v) is 0. The van der Waals surface area contributed by atoms with E-state index in [1.54, 1.807) is 0 Å². The van der Waals surface area contributed by atoms with Crippen molar-refractivity contribution in [3.8, 4) is 0 Å². The summed E-state index contributed by atoms with van der Waals surface area (Å²) in [7, 11) is 0. The maximum atomic E-state index is 0. The third kappa shape index (κ3) is 8.88. The molecule has 3 N–H and O–H groups in total. The number of rotatable bonds is 0. The average Bonchev–Trinajstić information content (AvgIpc) is 0. The number of hydrogen-bond donors (Lipinski definition) is 1. The summed E-state index contributed by atoms with van der Waals surface area (Å²) in [5, 5.41) is 0. The number of hydrogen-bond acceptors (Lipinski definition) is 1. The molecule has 0 aromatic rings. The Balaban J connectivity index is 0. The van der Waals surface area contributed by atoms with Crippen LogP contribution in [0.15, 0.2) is 0 Å². The van der Waals surface area contributed by atoms with E-state index >= 15 is 0 Å². The van der Waals surface area contributed by atoms with E-state index in [0.29, 0.717) is 0 Å². The van der Waals surface area contributed by atoms with Crippen LogP contribution < -0.4 is 6.15 Å². The van der Waals surface area contributed by atoms with Gasteiger partial charge in [0.2, 0.25) is 0 Å². The van der Waals surface area contributed by atoms with Crippen molar-refractivity contribution in [1.82, 2.24) is 6.15 Å². The van der Waals surface area contributed by atoms with Gasteiger partial charge in [-0.2, -0.15) is 0 Å². The van der Waals surface area contributed by atoms with E-state index < -0.39 is 0 Å². The van der Waals surface area contributed by atoms with Gasteiger partial charge in [0.05, 0.1) is 0 Å². The van der Waals surface area contributed by atoms with Crippen LogP contribution >= 0.6 is 0 Å². The van der Waals surface area contributed by atoms with Crippen LogP contribution in [0.5, 0.6) is 0 Å². The average molecular weight is 89.0 g/mol. The van der Waals surface area contributed by atoms with Crippen molar-refractivity contribution in [3.63, 3.8) is 0 Å². The molecular weight excluding hydrogens is 83.0 g/mol. The second-order valence-corrected chi connectivity index (χ2v) is 0. The van der Waals surface area contributed by atoms with Gasteiger partial charge in [-0.05, 0) is 0 Å². The predicted octanol–water partition coefficient (Wildman–Crippen LogP) is -1.78. The third-order valence-corrected chi connectivity index (χ3v) is 0. The molecule has 0 aliphatic heterocycles. The summed E-state index contributed by atoms with van der Waals surface area (Å²) in [4.78, 5) is 0. The molecule has 0 aromatic heterocycles. The fraction of sp³-hybridized carbons (Fsp3) is 0. The second-order valence-electron chi connectivity index (χ2n) is 0. The summed E-state index contributed by atoms with van der Waals surface area (Å²) in [6.45, 7) is 0. The van der Waals surface area contributed by atoms with E-state index in [0.717, 1.165) is 0 Å². The quantitative estimate of drug-likeness (QED) is 0.350. The van der Waals surface area contributed by atoms with Gasteiger partial charge in [-0.15, -0.1) is 0 Å². The molecular formula is H6NNa3. The molecule has 0 unspecified atom stereocenters. The summed E-state index contributed by atoms with van der Waals surface area (Å²) >= 11 is 0. The fourth-order valence-corrected chi connectivity index (χ4v) is 0. The summed E-state index contributed by atoms with van der Waals surface area (Å²) in [5.74, 6) is 0. The zero-order valence-electron chi connectivity index (χ0n) is 0.707. The van der Waals surface area contributed by atoms with Gasteiger partial charge in [0.1, 0.15) is 0 Å². The van der Waals surface area contributed by atoms with Crippen LogP contribution in [0.25, 0.3) is 0 Å². The standard InChI is InChI=1S/H3N.3Na.3H/h1H3;;;;;;. The van der Waals surface area contributed by atoms with Crippen molar-refractivity contribution < 1.29 is 0 Å². The Morgan fingerprint density at radius 2 is 0.500 bits per heavy atom. The van der Waals surface area contributed by atoms with Gasteiger partial charge in [-0.25, -0.2) is 0 Å². The zero-order valence-corrected chi connectivity index (χ0v) is 0.707. The van der Waals surface area contributed by atoms with Gasteiger partial charge in [0, 0.05) is 0 Å². The second kappa shape index (κ2) is 16.7. The first-order valence-electron chi connectivity index (χ1n) is 0. The molecule has 0 rings (SSSR count). The minimum atomic E-state index is 0. The van der Waals surface area contributed by atoms with Crippen molar-refractivity contribution in [1.29, 1.82) is 0 Å². The molecule has 0 bridgehead atoms.